The Balaban J connectivity index is 1.77. The predicted octanol–water partition coefficient (Wildman–Crippen LogP) is 0.235. The summed E-state index contributed by atoms with van der Waals surface area (Å²) in [4.78, 5) is 25.2. The number of anilines is 1. The van der Waals surface area contributed by atoms with E-state index in [2.05, 4.69) is 5.32 Å². The lowest BCUT2D eigenvalue weighted by Crippen LogP contribution is -3.11. The van der Waals surface area contributed by atoms with E-state index in [9.17, 15) is 9.59 Å². The molecule has 1 saturated heterocycles. The monoisotopic (exact) mass is 291 g/mol. The molecule has 2 aliphatic heterocycles. The van der Waals surface area contributed by atoms with Crippen LogP contribution in [-0.4, -0.2) is 38.1 Å². The van der Waals surface area contributed by atoms with Gasteiger partial charge in [-0.1, -0.05) is 0 Å². The number of Topliss-reactive ketones (excluding diaryl/α,β-unsaturated/α-hetero) is 1. The SMILES string of the molecule is CC(=O)c1cc2c(cc1NC(=O)C[NH+]1CCCC1)OCO2. The first kappa shape index (κ1) is 13.9. The zero-order valence-electron chi connectivity index (χ0n) is 12.0. The van der Waals surface area contributed by atoms with Gasteiger partial charge in [-0.2, -0.15) is 0 Å². The minimum atomic E-state index is -0.114. The molecule has 6 nitrogen and oxygen atoms in total. The highest BCUT2D eigenvalue weighted by Crippen LogP contribution is 2.37. The standard InChI is InChI=1S/C15H18N2O4/c1-10(18)11-6-13-14(21-9-20-13)7-12(11)16-15(19)8-17-4-2-3-5-17/h6-7H,2-5,8-9H2,1H3,(H,16,19)/p+1. The fourth-order valence-electron chi connectivity index (χ4n) is 2.81. The van der Waals surface area contributed by atoms with Crippen LogP contribution >= 0.6 is 0 Å². The van der Waals surface area contributed by atoms with Crippen molar-refractivity contribution in [1.29, 1.82) is 0 Å². The molecule has 112 valence electrons. The van der Waals surface area contributed by atoms with Crippen LogP contribution in [0.2, 0.25) is 0 Å². The average Bonchev–Trinajstić information content (AvgIpc) is 3.07. The third kappa shape index (κ3) is 3.00. The van der Waals surface area contributed by atoms with Gasteiger partial charge in [-0.05, 0) is 13.0 Å². The molecule has 0 aromatic heterocycles. The van der Waals surface area contributed by atoms with Crippen molar-refractivity contribution in [2.45, 2.75) is 19.8 Å². The average molecular weight is 291 g/mol. The molecular weight excluding hydrogens is 272 g/mol. The van der Waals surface area contributed by atoms with Gasteiger partial charge in [-0.3, -0.25) is 9.59 Å². The summed E-state index contributed by atoms with van der Waals surface area (Å²) in [6, 6.07) is 3.29. The Morgan fingerprint density at radius 2 is 1.86 bits per heavy atom. The van der Waals surface area contributed by atoms with Crippen molar-refractivity contribution >= 4 is 17.4 Å². The van der Waals surface area contributed by atoms with Crippen LogP contribution in [0.4, 0.5) is 5.69 Å². The van der Waals surface area contributed by atoms with Crippen molar-refractivity contribution in [1.82, 2.24) is 0 Å². The molecule has 0 radical (unpaired) electrons. The molecule has 0 unspecified atom stereocenters. The van der Waals surface area contributed by atoms with Crippen LogP contribution in [0.15, 0.2) is 12.1 Å². The number of amides is 1. The van der Waals surface area contributed by atoms with E-state index in [1.807, 2.05) is 0 Å². The first-order valence-electron chi connectivity index (χ1n) is 7.21. The van der Waals surface area contributed by atoms with E-state index in [4.69, 9.17) is 9.47 Å². The summed E-state index contributed by atoms with van der Waals surface area (Å²) in [6.45, 7) is 4.12. The molecule has 0 spiro atoms. The van der Waals surface area contributed by atoms with E-state index in [0.29, 0.717) is 29.3 Å². The van der Waals surface area contributed by atoms with E-state index >= 15 is 0 Å². The fraction of sp³-hybridized carbons (Fsp3) is 0.467. The van der Waals surface area contributed by atoms with E-state index < -0.39 is 0 Å². The smallest absolute Gasteiger partial charge is 0.279 e. The Morgan fingerprint density at radius 1 is 1.19 bits per heavy atom. The quantitative estimate of drug-likeness (QED) is 0.780. The highest BCUT2D eigenvalue weighted by Gasteiger charge is 2.23. The lowest BCUT2D eigenvalue weighted by atomic mass is 10.1. The second-order valence-electron chi connectivity index (χ2n) is 5.49. The minimum Gasteiger partial charge on any atom is -0.454 e. The summed E-state index contributed by atoms with van der Waals surface area (Å²) in [5.41, 5.74) is 0.944. The molecule has 0 bridgehead atoms. The largest absolute Gasteiger partial charge is 0.454 e. The molecule has 1 aromatic rings. The minimum absolute atomic E-state index is 0.0757. The number of hydrogen-bond acceptors (Lipinski definition) is 4. The molecular formula is C15H19N2O4+. The van der Waals surface area contributed by atoms with Crippen LogP contribution in [-0.2, 0) is 4.79 Å². The number of quaternary nitrogens is 1. The molecule has 0 saturated carbocycles. The van der Waals surface area contributed by atoms with E-state index in [-0.39, 0.29) is 18.5 Å². The molecule has 0 atom stereocenters. The number of rotatable bonds is 4. The lowest BCUT2D eigenvalue weighted by molar-refractivity contribution is -0.878. The second-order valence-corrected chi connectivity index (χ2v) is 5.49. The zero-order chi connectivity index (χ0) is 14.8. The van der Waals surface area contributed by atoms with Gasteiger partial charge in [0, 0.05) is 24.5 Å². The highest BCUT2D eigenvalue weighted by atomic mass is 16.7. The van der Waals surface area contributed by atoms with Crippen LogP contribution in [0.5, 0.6) is 11.5 Å². The normalized spacial score (nSPS) is 17.0. The van der Waals surface area contributed by atoms with E-state index in [1.165, 1.54) is 24.7 Å². The molecule has 21 heavy (non-hydrogen) atoms. The summed E-state index contributed by atoms with van der Waals surface area (Å²) in [6.07, 6.45) is 2.34. The van der Waals surface area contributed by atoms with E-state index in [0.717, 1.165) is 13.1 Å². The van der Waals surface area contributed by atoms with Gasteiger partial charge in [0.25, 0.3) is 5.91 Å². The Morgan fingerprint density at radius 3 is 2.52 bits per heavy atom. The molecule has 2 N–H and O–H groups in total. The van der Waals surface area contributed by atoms with Crippen LogP contribution in [0.1, 0.15) is 30.1 Å². The second kappa shape index (κ2) is 5.73. The maximum atomic E-state index is 12.1. The molecule has 1 fully saturated rings. The van der Waals surface area contributed by atoms with Gasteiger partial charge >= 0.3 is 0 Å². The number of hydrogen-bond donors (Lipinski definition) is 2. The Labute approximate surface area is 123 Å². The van der Waals surface area contributed by atoms with Crippen molar-refractivity contribution in [3.8, 4) is 11.5 Å². The molecule has 1 aromatic carbocycles. The molecule has 0 aliphatic carbocycles. The molecule has 3 rings (SSSR count). The number of carbonyl (C=O) groups is 2. The van der Waals surface area contributed by atoms with Crippen molar-refractivity contribution in [2.24, 2.45) is 0 Å². The number of benzene rings is 1. The first-order valence-corrected chi connectivity index (χ1v) is 7.21. The summed E-state index contributed by atoms with van der Waals surface area (Å²) in [5, 5.41) is 2.83. The van der Waals surface area contributed by atoms with E-state index in [1.54, 1.807) is 12.1 Å². The van der Waals surface area contributed by atoms with Gasteiger partial charge in [0.1, 0.15) is 0 Å². The van der Waals surface area contributed by atoms with Gasteiger partial charge in [-0.25, -0.2) is 0 Å². The number of likely N-dealkylation sites (tertiary alicyclic amines) is 1. The van der Waals surface area contributed by atoms with Crippen molar-refractivity contribution < 1.29 is 24.0 Å². The van der Waals surface area contributed by atoms with Crippen LogP contribution in [0, 0.1) is 0 Å². The Hall–Kier alpha value is -2.08. The Bertz CT molecular complexity index is 579. The summed E-state index contributed by atoms with van der Waals surface area (Å²) in [7, 11) is 0. The zero-order valence-corrected chi connectivity index (χ0v) is 12.0. The molecule has 1 amide bonds. The van der Waals surface area contributed by atoms with Gasteiger partial charge in [0.15, 0.2) is 23.8 Å². The van der Waals surface area contributed by atoms with Crippen LogP contribution in [0.25, 0.3) is 0 Å². The Kier molecular flexibility index (Phi) is 3.79. The van der Waals surface area contributed by atoms with Crippen LogP contribution in [0.3, 0.4) is 0 Å². The van der Waals surface area contributed by atoms with Crippen molar-refractivity contribution in [2.75, 3.05) is 31.7 Å². The van der Waals surface area contributed by atoms with Gasteiger partial charge in [0.05, 0.1) is 18.8 Å². The summed E-state index contributed by atoms with van der Waals surface area (Å²) < 4.78 is 10.6. The molecule has 6 heteroatoms. The topological polar surface area (TPSA) is 69.1 Å². The fourth-order valence-corrected chi connectivity index (χ4v) is 2.81. The maximum absolute atomic E-state index is 12.1. The maximum Gasteiger partial charge on any atom is 0.279 e. The summed E-state index contributed by atoms with van der Waals surface area (Å²) >= 11 is 0. The molecule has 2 heterocycles. The number of ether oxygens (including phenoxy) is 2. The van der Waals surface area contributed by atoms with Gasteiger partial charge in [0.2, 0.25) is 6.79 Å². The lowest BCUT2D eigenvalue weighted by Gasteiger charge is -2.14. The number of carbonyl (C=O) groups excluding carboxylic acids is 2. The van der Waals surface area contributed by atoms with Gasteiger partial charge in [-0.15, -0.1) is 0 Å². The third-order valence-corrected chi connectivity index (χ3v) is 3.89. The highest BCUT2D eigenvalue weighted by molar-refractivity contribution is 6.04. The van der Waals surface area contributed by atoms with Gasteiger partial charge < -0.3 is 19.7 Å². The summed E-state index contributed by atoms with van der Waals surface area (Å²) in [5.74, 6) is 0.914. The first-order chi connectivity index (χ1) is 10.1. The molecule has 2 aliphatic rings. The van der Waals surface area contributed by atoms with Crippen LogP contribution < -0.4 is 19.7 Å². The van der Waals surface area contributed by atoms with Crippen molar-refractivity contribution in [3.05, 3.63) is 17.7 Å². The third-order valence-electron chi connectivity index (χ3n) is 3.89. The number of nitrogens with one attached hydrogen (secondary N) is 2. The number of fused-ring (bicyclic) bond motifs is 1. The van der Waals surface area contributed by atoms with Crippen molar-refractivity contribution in [3.63, 3.8) is 0 Å². The number of ketones is 1. The predicted molar refractivity (Wildman–Crippen MR) is 76.0 cm³/mol.